The van der Waals surface area contributed by atoms with Gasteiger partial charge in [0.2, 0.25) is 5.78 Å². The van der Waals surface area contributed by atoms with Crippen molar-refractivity contribution >= 4 is 28.1 Å². The fourth-order valence-electron chi connectivity index (χ4n) is 1.74. The van der Waals surface area contributed by atoms with Crippen LogP contribution in [0.5, 0.6) is 0 Å². The van der Waals surface area contributed by atoms with Crippen LogP contribution in [0.3, 0.4) is 0 Å². The van der Waals surface area contributed by atoms with E-state index >= 15 is 0 Å². The zero-order chi connectivity index (χ0) is 11.7. The Morgan fingerprint density at radius 3 is 2.65 bits per heavy atom. The lowest BCUT2D eigenvalue weighted by Gasteiger charge is -2.00. The van der Waals surface area contributed by atoms with Gasteiger partial charge >= 0.3 is 0 Å². The van der Waals surface area contributed by atoms with Crippen LogP contribution in [0.2, 0.25) is 0 Å². The average molecular weight is 240 g/mol. The van der Waals surface area contributed by atoms with E-state index in [2.05, 4.69) is 9.59 Å². The summed E-state index contributed by atoms with van der Waals surface area (Å²) >= 11 is 1.18. The molecule has 17 heavy (non-hydrogen) atoms. The summed E-state index contributed by atoms with van der Waals surface area (Å²) in [6, 6.07) is 13.6. The molecule has 0 aliphatic heterocycles. The van der Waals surface area contributed by atoms with Crippen molar-refractivity contribution in [2.24, 2.45) is 0 Å². The zero-order valence-corrected chi connectivity index (χ0v) is 9.65. The lowest BCUT2D eigenvalue weighted by Crippen LogP contribution is -2.01. The molecule has 0 aliphatic rings. The van der Waals surface area contributed by atoms with E-state index in [-0.39, 0.29) is 5.78 Å². The van der Waals surface area contributed by atoms with E-state index < -0.39 is 0 Å². The molecule has 0 bridgehead atoms. The molecule has 3 rings (SSSR count). The van der Waals surface area contributed by atoms with Crippen molar-refractivity contribution in [1.29, 1.82) is 0 Å². The van der Waals surface area contributed by atoms with E-state index in [0.29, 0.717) is 11.3 Å². The summed E-state index contributed by atoms with van der Waals surface area (Å²) in [6.45, 7) is 0. The second kappa shape index (κ2) is 4.07. The fourth-order valence-corrected chi connectivity index (χ4v) is 2.18. The Balaban J connectivity index is 2.09. The number of ketones is 1. The molecule has 0 spiro atoms. The standard InChI is InChI=1S/C13H8N2OS/c16-13(12-8-17-15-14-12)11-6-5-9-3-1-2-4-10(9)7-11/h1-8H. The van der Waals surface area contributed by atoms with Gasteiger partial charge in [-0.05, 0) is 28.4 Å². The first kappa shape index (κ1) is 10.1. The van der Waals surface area contributed by atoms with Crippen LogP contribution in [-0.4, -0.2) is 15.4 Å². The molecular weight excluding hydrogens is 232 g/mol. The fraction of sp³-hybridized carbons (Fsp3) is 0. The Bertz CT molecular complexity index is 677. The predicted molar refractivity (Wildman–Crippen MR) is 67.3 cm³/mol. The van der Waals surface area contributed by atoms with E-state index in [1.807, 2.05) is 42.5 Å². The maximum Gasteiger partial charge on any atom is 0.214 e. The van der Waals surface area contributed by atoms with Gasteiger partial charge in [0, 0.05) is 10.9 Å². The molecule has 0 N–H and O–H groups in total. The minimum absolute atomic E-state index is 0.0792. The lowest BCUT2D eigenvalue weighted by atomic mass is 10.0. The number of benzene rings is 2. The van der Waals surface area contributed by atoms with Crippen molar-refractivity contribution < 1.29 is 4.79 Å². The number of fused-ring (bicyclic) bond motifs is 1. The zero-order valence-electron chi connectivity index (χ0n) is 8.83. The van der Waals surface area contributed by atoms with E-state index in [1.165, 1.54) is 11.5 Å². The Morgan fingerprint density at radius 1 is 1.06 bits per heavy atom. The summed E-state index contributed by atoms with van der Waals surface area (Å²) in [6.07, 6.45) is 0. The topological polar surface area (TPSA) is 42.9 Å². The van der Waals surface area contributed by atoms with Crippen LogP contribution in [0.4, 0.5) is 0 Å². The van der Waals surface area contributed by atoms with Crippen molar-refractivity contribution in [2.75, 3.05) is 0 Å². The van der Waals surface area contributed by atoms with E-state index in [0.717, 1.165) is 10.8 Å². The molecule has 3 aromatic rings. The van der Waals surface area contributed by atoms with Crippen LogP contribution in [0.15, 0.2) is 47.8 Å². The van der Waals surface area contributed by atoms with Crippen LogP contribution >= 0.6 is 11.5 Å². The van der Waals surface area contributed by atoms with Crippen molar-refractivity contribution in [3.05, 3.63) is 59.1 Å². The van der Waals surface area contributed by atoms with Gasteiger partial charge in [-0.2, -0.15) is 0 Å². The van der Waals surface area contributed by atoms with Gasteiger partial charge in [0.05, 0.1) is 0 Å². The minimum Gasteiger partial charge on any atom is -0.287 e. The molecular formula is C13H8N2OS. The Morgan fingerprint density at radius 2 is 1.88 bits per heavy atom. The van der Waals surface area contributed by atoms with Crippen LogP contribution in [-0.2, 0) is 0 Å². The van der Waals surface area contributed by atoms with Crippen molar-refractivity contribution in [3.63, 3.8) is 0 Å². The minimum atomic E-state index is -0.0792. The summed E-state index contributed by atoms with van der Waals surface area (Å²) < 4.78 is 3.70. The van der Waals surface area contributed by atoms with Crippen molar-refractivity contribution in [1.82, 2.24) is 9.59 Å². The maximum absolute atomic E-state index is 12.1. The molecule has 0 atom stereocenters. The molecule has 0 aliphatic carbocycles. The first-order valence-corrected chi connectivity index (χ1v) is 5.99. The summed E-state index contributed by atoms with van der Waals surface area (Å²) in [7, 11) is 0. The van der Waals surface area contributed by atoms with Gasteiger partial charge in [-0.3, -0.25) is 4.79 Å². The van der Waals surface area contributed by atoms with Crippen LogP contribution in [0.1, 0.15) is 16.1 Å². The predicted octanol–water partition coefficient (Wildman–Crippen LogP) is 2.92. The highest BCUT2D eigenvalue weighted by atomic mass is 32.1. The van der Waals surface area contributed by atoms with Gasteiger partial charge in [-0.15, -0.1) is 5.10 Å². The van der Waals surface area contributed by atoms with Crippen molar-refractivity contribution in [3.8, 4) is 0 Å². The van der Waals surface area contributed by atoms with Gasteiger partial charge in [0.25, 0.3) is 0 Å². The number of carbonyl (C=O) groups excluding carboxylic acids is 1. The molecule has 4 heteroatoms. The Labute approximate surface area is 102 Å². The highest BCUT2D eigenvalue weighted by molar-refractivity contribution is 7.03. The first-order valence-electron chi connectivity index (χ1n) is 5.15. The summed E-state index contributed by atoms with van der Waals surface area (Å²) in [4.78, 5) is 12.1. The molecule has 1 aromatic heterocycles. The normalized spacial score (nSPS) is 10.6. The summed E-state index contributed by atoms with van der Waals surface area (Å²) in [5.41, 5.74) is 1.06. The molecule has 3 nitrogen and oxygen atoms in total. The third-order valence-corrected chi connectivity index (χ3v) is 3.11. The largest absolute Gasteiger partial charge is 0.287 e. The van der Waals surface area contributed by atoms with E-state index in [1.54, 1.807) is 5.38 Å². The summed E-state index contributed by atoms with van der Waals surface area (Å²) in [5, 5.41) is 7.64. The molecule has 0 radical (unpaired) electrons. The van der Waals surface area contributed by atoms with E-state index in [9.17, 15) is 4.79 Å². The molecule has 82 valence electrons. The molecule has 0 amide bonds. The van der Waals surface area contributed by atoms with Crippen molar-refractivity contribution in [2.45, 2.75) is 0 Å². The van der Waals surface area contributed by atoms with E-state index in [4.69, 9.17) is 0 Å². The van der Waals surface area contributed by atoms with Gasteiger partial charge in [0.15, 0.2) is 0 Å². The van der Waals surface area contributed by atoms with Crippen LogP contribution in [0.25, 0.3) is 10.8 Å². The third kappa shape index (κ3) is 1.83. The number of aromatic nitrogens is 2. The smallest absolute Gasteiger partial charge is 0.214 e. The highest BCUT2D eigenvalue weighted by Crippen LogP contribution is 2.17. The Hall–Kier alpha value is -2.07. The van der Waals surface area contributed by atoms with Crippen LogP contribution < -0.4 is 0 Å². The molecule has 1 heterocycles. The number of hydrogen-bond acceptors (Lipinski definition) is 4. The third-order valence-electron chi connectivity index (χ3n) is 2.60. The number of nitrogens with zero attached hydrogens (tertiary/aromatic N) is 2. The Kier molecular flexibility index (Phi) is 2.42. The lowest BCUT2D eigenvalue weighted by molar-refractivity contribution is 0.103. The van der Waals surface area contributed by atoms with Gasteiger partial charge in [-0.25, -0.2) is 0 Å². The second-order valence-corrected chi connectivity index (χ2v) is 4.29. The number of rotatable bonds is 2. The quantitative estimate of drug-likeness (QED) is 0.647. The molecule has 0 unspecified atom stereocenters. The van der Waals surface area contributed by atoms with Crippen LogP contribution in [0, 0.1) is 0 Å². The number of carbonyl (C=O) groups is 1. The highest BCUT2D eigenvalue weighted by Gasteiger charge is 2.11. The molecule has 2 aromatic carbocycles. The first-order chi connectivity index (χ1) is 8.34. The SMILES string of the molecule is O=C(c1ccc2ccccc2c1)c1csnn1. The maximum atomic E-state index is 12.1. The molecule has 0 fully saturated rings. The van der Waals surface area contributed by atoms with Gasteiger partial charge in [0.1, 0.15) is 5.69 Å². The van der Waals surface area contributed by atoms with Gasteiger partial charge < -0.3 is 0 Å². The van der Waals surface area contributed by atoms with Gasteiger partial charge in [-0.1, -0.05) is 40.9 Å². The molecule has 0 saturated carbocycles. The monoisotopic (exact) mass is 240 g/mol. The average Bonchev–Trinajstić information content (AvgIpc) is 2.91. The molecule has 0 saturated heterocycles. The number of hydrogen-bond donors (Lipinski definition) is 0. The second-order valence-electron chi connectivity index (χ2n) is 3.68. The summed E-state index contributed by atoms with van der Waals surface area (Å²) in [5.74, 6) is -0.0792.